The van der Waals surface area contributed by atoms with Crippen LogP contribution in [0.15, 0.2) is 0 Å². The van der Waals surface area contributed by atoms with Gasteiger partial charge in [-0.3, -0.25) is 0 Å². The fraction of sp³-hybridized carbons (Fsp3) is 1.00. The molecule has 0 fully saturated rings. The average molecular weight is 219 g/mol. The topological polar surface area (TPSA) is 0 Å². The largest absolute Gasteiger partial charge is 0.123 e. The van der Waals surface area contributed by atoms with Crippen LogP contribution >= 0.6 is 11.6 Å². The molecule has 0 saturated carbocycles. The van der Waals surface area contributed by atoms with Gasteiger partial charge < -0.3 is 0 Å². The molecule has 0 aromatic carbocycles. The highest BCUT2D eigenvalue weighted by Gasteiger charge is 2.36. The highest BCUT2D eigenvalue weighted by Crippen LogP contribution is 2.46. The van der Waals surface area contributed by atoms with Crippen molar-refractivity contribution < 1.29 is 0 Å². The molecular weight excluding hydrogens is 192 g/mol. The number of rotatable bonds is 5. The van der Waals surface area contributed by atoms with E-state index in [0.29, 0.717) is 16.2 Å². The average Bonchev–Trinajstić information content (AvgIpc) is 2.02. The van der Waals surface area contributed by atoms with E-state index in [-0.39, 0.29) is 0 Å². The molecule has 0 bridgehead atoms. The molecule has 0 amide bonds. The summed E-state index contributed by atoms with van der Waals surface area (Å²) in [6, 6.07) is 0. The van der Waals surface area contributed by atoms with Crippen LogP contribution in [0.3, 0.4) is 0 Å². The van der Waals surface area contributed by atoms with Gasteiger partial charge in [0.25, 0.3) is 0 Å². The summed E-state index contributed by atoms with van der Waals surface area (Å²) in [6.45, 7) is 13.8. The van der Waals surface area contributed by atoms with E-state index in [2.05, 4.69) is 41.5 Å². The van der Waals surface area contributed by atoms with E-state index in [0.717, 1.165) is 12.8 Å². The van der Waals surface area contributed by atoms with E-state index in [1.165, 1.54) is 12.8 Å². The van der Waals surface area contributed by atoms with Gasteiger partial charge in [0.1, 0.15) is 0 Å². The molecule has 0 aromatic rings. The summed E-state index contributed by atoms with van der Waals surface area (Å²) in [5, 5.41) is 0.351. The molecule has 0 aliphatic rings. The lowest BCUT2D eigenvalue weighted by molar-refractivity contribution is 0.0889. The first-order valence-corrected chi connectivity index (χ1v) is 6.34. The van der Waals surface area contributed by atoms with Crippen LogP contribution in [0, 0.1) is 10.8 Å². The first-order valence-electron chi connectivity index (χ1n) is 5.91. The van der Waals surface area contributed by atoms with Gasteiger partial charge >= 0.3 is 0 Å². The molecule has 0 aliphatic heterocycles. The Morgan fingerprint density at radius 1 is 1.07 bits per heavy atom. The third-order valence-electron chi connectivity index (χ3n) is 3.86. The Morgan fingerprint density at radius 2 is 1.57 bits per heavy atom. The molecule has 0 N–H and O–H groups in total. The molecule has 0 saturated heterocycles. The minimum Gasteiger partial charge on any atom is -0.123 e. The number of hydrogen-bond donors (Lipinski definition) is 0. The first kappa shape index (κ1) is 14.3. The van der Waals surface area contributed by atoms with Gasteiger partial charge in [0.05, 0.1) is 0 Å². The van der Waals surface area contributed by atoms with Crippen LogP contribution in [0.5, 0.6) is 0 Å². The van der Waals surface area contributed by atoms with Crippen LogP contribution in [0.4, 0.5) is 0 Å². The minimum absolute atomic E-state index is 0.350. The van der Waals surface area contributed by atoms with Crippen molar-refractivity contribution in [2.24, 2.45) is 10.8 Å². The van der Waals surface area contributed by atoms with Crippen molar-refractivity contribution in [3.05, 3.63) is 0 Å². The second-order valence-corrected chi connectivity index (χ2v) is 6.37. The Bertz CT molecular complexity index is 157. The second kappa shape index (κ2) is 5.39. The van der Waals surface area contributed by atoms with E-state index in [9.17, 15) is 0 Å². The Labute approximate surface area is 95.4 Å². The Morgan fingerprint density at radius 3 is 1.86 bits per heavy atom. The zero-order valence-electron chi connectivity index (χ0n) is 10.8. The molecule has 0 aromatic heterocycles. The summed E-state index contributed by atoms with van der Waals surface area (Å²) in [6.07, 6.45) is 4.69. The van der Waals surface area contributed by atoms with Crippen molar-refractivity contribution in [3.8, 4) is 0 Å². The Hall–Kier alpha value is 0.290. The standard InChI is InChI=1S/C13H27Cl/c1-7-9-11(14)10-13(6,8-2)12(3,4)5/h11H,7-10H2,1-6H3/t11?,13-/m0/s1. The summed E-state index contributed by atoms with van der Waals surface area (Å²) in [5.74, 6) is 0. The van der Waals surface area contributed by atoms with E-state index >= 15 is 0 Å². The smallest absolute Gasteiger partial charge is 0.0341 e. The van der Waals surface area contributed by atoms with Crippen LogP contribution < -0.4 is 0 Å². The van der Waals surface area contributed by atoms with Crippen LogP contribution in [0.1, 0.15) is 67.2 Å². The monoisotopic (exact) mass is 218 g/mol. The van der Waals surface area contributed by atoms with Crippen LogP contribution in [-0.4, -0.2) is 5.38 Å². The zero-order valence-corrected chi connectivity index (χ0v) is 11.5. The van der Waals surface area contributed by atoms with Crippen LogP contribution in [-0.2, 0) is 0 Å². The maximum Gasteiger partial charge on any atom is 0.0341 e. The summed E-state index contributed by atoms with van der Waals surface area (Å²) in [4.78, 5) is 0. The molecule has 0 nitrogen and oxygen atoms in total. The van der Waals surface area contributed by atoms with Crippen LogP contribution in [0.2, 0.25) is 0 Å². The van der Waals surface area contributed by atoms with Crippen LogP contribution in [0.25, 0.3) is 0 Å². The van der Waals surface area contributed by atoms with Crippen molar-refractivity contribution in [2.45, 2.75) is 72.6 Å². The highest BCUT2D eigenvalue weighted by atomic mass is 35.5. The number of hydrogen-bond acceptors (Lipinski definition) is 0. The second-order valence-electron chi connectivity index (χ2n) is 5.75. The number of alkyl halides is 1. The van der Waals surface area contributed by atoms with Crippen molar-refractivity contribution in [3.63, 3.8) is 0 Å². The molecule has 0 radical (unpaired) electrons. The lowest BCUT2D eigenvalue weighted by Gasteiger charge is -2.43. The SMILES string of the molecule is CCCC(Cl)C[C@](C)(CC)C(C)(C)C. The molecule has 0 aliphatic carbocycles. The van der Waals surface area contributed by atoms with E-state index < -0.39 is 0 Å². The Kier molecular flexibility index (Phi) is 5.51. The predicted octanol–water partition coefficient (Wildman–Crippen LogP) is 5.25. The molecule has 2 atom stereocenters. The van der Waals surface area contributed by atoms with Crippen molar-refractivity contribution in [2.75, 3.05) is 0 Å². The van der Waals surface area contributed by atoms with E-state index in [4.69, 9.17) is 11.6 Å². The normalized spacial score (nSPS) is 19.1. The quantitative estimate of drug-likeness (QED) is 0.554. The maximum absolute atomic E-state index is 6.35. The van der Waals surface area contributed by atoms with E-state index in [1.807, 2.05) is 0 Å². The fourth-order valence-corrected chi connectivity index (χ4v) is 2.44. The van der Waals surface area contributed by atoms with Crippen molar-refractivity contribution in [1.82, 2.24) is 0 Å². The predicted molar refractivity (Wildman–Crippen MR) is 67.0 cm³/mol. The summed E-state index contributed by atoms with van der Waals surface area (Å²) in [7, 11) is 0. The molecular formula is C13H27Cl. The van der Waals surface area contributed by atoms with E-state index in [1.54, 1.807) is 0 Å². The van der Waals surface area contributed by atoms with Gasteiger partial charge in [-0.15, -0.1) is 11.6 Å². The maximum atomic E-state index is 6.35. The van der Waals surface area contributed by atoms with Gasteiger partial charge in [-0.1, -0.05) is 54.4 Å². The fourth-order valence-electron chi connectivity index (χ4n) is 1.88. The lowest BCUT2D eigenvalue weighted by atomic mass is 9.64. The number of halogens is 1. The first-order chi connectivity index (χ1) is 6.27. The molecule has 14 heavy (non-hydrogen) atoms. The van der Waals surface area contributed by atoms with Crippen molar-refractivity contribution >= 4 is 11.6 Å². The highest BCUT2D eigenvalue weighted by molar-refractivity contribution is 6.20. The molecule has 86 valence electrons. The molecule has 1 unspecified atom stereocenters. The van der Waals surface area contributed by atoms with Gasteiger partial charge in [-0.25, -0.2) is 0 Å². The minimum atomic E-state index is 0.350. The molecule has 1 heteroatoms. The van der Waals surface area contributed by atoms with Gasteiger partial charge in [0, 0.05) is 5.38 Å². The summed E-state index contributed by atoms with van der Waals surface area (Å²) in [5.41, 5.74) is 0.719. The Balaban J connectivity index is 4.40. The van der Waals surface area contributed by atoms with Gasteiger partial charge in [0.2, 0.25) is 0 Å². The zero-order chi connectivity index (χ0) is 11.4. The lowest BCUT2D eigenvalue weighted by Crippen LogP contribution is -2.34. The summed E-state index contributed by atoms with van der Waals surface area (Å²) >= 11 is 6.35. The van der Waals surface area contributed by atoms with Gasteiger partial charge in [0.15, 0.2) is 0 Å². The molecule has 0 heterocycles. The van der Waals surface area contributed by atoms with Crippen molar-refractivity contribution in [1.29, 1.82) is 0 Å². The third kappa shape index (κ3) is 3.81. The molecule has 0 rings (SSSR count). The molecule has 0 spiro atoms. The van der Waals surface area contributed by atoms with Gasteiger partial charge in [-0.05, 0) is 23.7 Å². The summed E-state index contributed by atoms with van der Waals surface area (Å²) < 4.78 is 0. The third-order valence-corrected chi connectivity index (χ3v) is 4.24. The van der Waals surface area contributed by atoms with Gasteiger partial charge in [-0.2, -0.15) is 0 Å².